The minimum absolute atomic E-state index is 0.276. The molecule has 0 aliphatic rings. The molecule has 1 aromatic heterocycles. The summed E-state index contributed by atoms with van der Waals surface area (Å²) >= 11 is 0. The van der Waals surface area contributed by atoms with Crippen molar-refractivity contribution in [3.63, 3.8) is 0 Å². The number of nitrogens with zero attached hydrogens (tertiary/aromatic N) is 1. The number of carbonyl (C=O) groups excluding carboxylic acids is 2. The first-order chi connectivity index (χ1) is 13.8. The summed E-state index contributed by atoms with van der Waals surface area (Å²) in [5.74, 6) is -6.23. The summed E-state index contributed by atoms with van der Waals surface area (Å²) in [4.78, 5) is 24.3. The lowest BCUT2D eigenvalue weighted by atomic mass is 10.2. The number of ether oxygens (including phenoxy) is 1. The van der Waals surface area contributed by atoms with E-state index in [1.54, 1.807) is 13.0 Å². The third kappa shape index (κ3) is 4.16. The van der Waals surface area contributed by atoms with Gasteiger partial charge in [0.05, 0.1) is 11.3 Å². The Hall–Kier alpha value is -3.55. The largest absolute Gasteiger partial charge is 0.452 e. The van der Waals surface area contributed by atoms with E-state index in [0.29, 0.717) is 11.8 Å². The molecule has 2 aromatic carbocycles. The first-order valence-corrected chi connectivity index (χ1v) is 8.64. The van der Waals surface area contributed by atoms with Crippen LogP contribution in [-0.2, 0) is 9.53 Å². The molecular weight excluding hydrogens is 385 g/mol. The monoisotopic (exact) mass is 402 g/mol. The lowest BCUT2D eigenvalue weighted by Crippen LogP contribution is -2.22. The van der Waals surface area contributed by atoms with Gasteiger partial charge in [-0.3, -0.25) is 4.79 Å². The summed E-state index contributed by atoms with van der Waals surface area (Å²) in [6, 6.07) is 12.6. The average molecular weight is 402 g/mol. The van der Waals surface area contributed by atoms with Crippen LogP contribution in [0, 0.1) is 31.3 Å². The van der Waals surface area contributed by atoms with Gasteiger partial charge in [0.2, 0.25) is 0 Å². The summed E-state index contributed by atoms with van der Waals surface area (Å²) in [6.45, 7) is 2.86. The predicted molar refractivity (Wildman–Crippen MR) is 100 cm³/mol. The lowest BCUT2D eigenvalue weighted by molar-refractivity contribution is -0.119. The number of rotatable bonds is 5. The molecule has 0 fully saturated rings. The Morgan fingerprint density at radius 2 is 1.69 bits per heavy atom. The molecular formula is C21H17F3N2O3. The molecule has 0 saturated heterocycles. The Bertz CT molecular complexity index is 1080. The zero-order chi connectivity index (χ0) is 21.1. The van der Waals surface area contributed by atoms with Gasteiger partial charge in [-0.2, -0.15) is 0 Å². The Morgan fingerprint density at radius 1 is 1.00 bits per heavy atom. The van der Waals surface area contributed by atoms with Gasteiger partial charge >= 0.3 is 5.97 Å². The van der Waals surface area contributed by atoms with Gasteiger partial charge in [0.1, 0.15) is 0 Å². The van der Waals surface area contributed by atoms with E-state index in [9.17, 15) is 22.8 Å². The summed E-state index contributed by atoms with van der Waals surface area (Å²) < 4.78 is 46.6. The molecule has 0 spiro atoms. The molecule has 8 heteroatoms. The Labute approximate surface area is 164 Å². The van der Waals surface area contributed by atoms with Crippen molar-refractivity contribution >= 4 is 17.6 Å². The van der Waals surface area contributed by atoms with Gasteiger partial charge in [-0.15, -0.1) is 0 Å². The van der Waals surface area contributed by atoms with Crippen molar-refractivity contribution < 1.29 is 27.5 Å². The smallest absolute Gasteiger partial charge is 0.340 e. The number of hydrogen-bond donors (Lipinski definition) is 1. The zero-order valence-electron chi connectivity index (χ0n) is 15.6. The summed E-state index contributed by atoms with van der Waals surface area (Å²) in [6.07, 6.45) is 0. The minimum atomic E-state index is -1.70. The van der Waals surface area contributed by atoms with Crippen LogP contribution in [0.3, 0.4) is 0 Å². The van der Waals surface area contributed by atoms with Gasteiger partial charge in [-0.25, -0.2) is 18.0 Å². The van der Waals surface area contributed by atoms with E-state index in [4.69, 9.17) is 4.74 Å². The normalized spacial score (nSPS) is 10.7. The first kappa shape index (κ1) is 20.2. The number of nitrogens with one attached hydrogen (secondary N) is 1. The fourth-order valence-electron chi connectivity index (χ4n) is 2.96. The zero-order valence-corrected chi connectivity index (χ0v) is 15.6. The van der Waals surface area contributed by atoms with E-state index in [1.165, 1.54) is 0 Å². The van der Waals surface area contributed by atoms with Gasteiger partial charge in [-0.1, -0.05) is 18.2 Å². The average Bonchev–Trinajstić information content (AvgIpc) is 3.01. The molecule has 150 valence electrons. The Morgan fingerprint density at radius 3 is 2.38 bits per heavy atom. The van der Waals surface area contributed by atoms with Gasteiger partial charge in [0.15, 0.2) is 24.1 Å². The second kappa shape index (κ2) is 8.22. The molecule has 0 atom stereocenters. The summed E-state index contributed by atoms with van der Waals surface area (Å²) in [7, 11) is 0. The molecule has 3 rings (SSSR count). The number of para-hydroxylation sites is 1. The van der Waals surface area contributed by atoms with Crippen LogP contribution >= 0.6 is 0 Å². The van der Waals surface area contributed by atoms with Crippen LogP contribution in [0.4, 0.5) is 18.9 Å². The number of anilines is 1. The van der Waals surface area contributed by atoms with E-state index in [0.717, 1.165) is 17.4 Å². The number of amides is 1. The molecule has 1 N–H and O–H groups in total. The maximum atomic E-state index is 13.6. The quantitative estimate of drug-likeness (QED) is 0.511. The van der Waals surface area contributed by atoms with Crippen LogP contribution in [0.2, 0.25) is 0 Å². The molecule has 0 aliphatic carbocycles. The van der Waals surface area contributed by atoms with Crippen molar-refractivity contribution in [1.82, 2.24) is 4.57 Å². The Balaban J connectivity index is 1.69. The van der Waals surface area contributed by atoms with E-state index in [1.807, 2.05) is 47.1 Å². The minimum Gasteiger partial charge on any atom is -0.452 e. The number of halogens is 3. The molecule has 0 unspecified atom stereocenters. The van der Waals surface area contributed by atoms with Crippen LogP contribution < -0.4 is 5.32 Å². The van der Waals surface area contributed by atoms with E-state index in [-0.39, 0.29) is 5.56 Å². The molecule has 1 heterocycles. The third-order valence-electron chi connectivity index (χ3n) is 4.31. The van der Waals surface area contributed by atoms with Crippen molar-refractivity contribution in [1.29, 1.82) is 0 Å². The van der Waals surface area contributed by atoms with Crippen LogP contribution in [0.1, 0.15) is 21.7 Å². The number of benzene rings is 2. The highest BCUT2D eigenvalue weighted by Crippen LogP contribution is 2.22. The van der Waals surface area contributed by atoms with Gasteiger partial charge < -0.3 is 14.6 Å². The highest BCUT2D eigenvalue weighted by atomic mass is 19.2. The first-order valence-electron chi connectivity index (χ1n) is 8.64. The maximum Gasteiger partial charge on any atom is 0.340 e. The number of aryl methyl sites for hydroxylation is 1. The highest BCUT2D eigenvalue weighted by molar-refractivity contribution is 5.96. The molecule has 0 bridgehead atoms. The topological polar surface area (TPSA) is 60.3 Å². The van der Waals surface area contributed by atoms with Crippen LogP contribution in [0.5, 0.6) is 0 Å². The van der Waals surface area contributed by atoms with Crippen LogP contribution in [0.25, 0.3) is 5.69 Å². The van der Waals surface area contributed by atoms with Gasteiger partial charge in [-0.05, 0) is 44.2 Å². The second-order valence-corrected chi connectivity index (χ2v) is 6.30. The molecule has 29 heavy (non-hydrogen) atoms. The van der Waals surface area contributed by atoms with Gasteiger partial charge in [0.25, 0.3) is 5.91 Å². The summed E-state index contributed by atoms with van der Waals surface area (Å²) in [5.41, 5.74) is 2.03. The van der Waals surface area contributed by atoms with Crippen molar-refractivity contribution in [3.8, 4) is 5.69 Å². The molecule has 1 amide bonds. The van der Waals surface area contributed by atoms with E-state index in [2.05, 4.69) is 0 Å². The van der Waals surface area contributed by atoms with Gasteiger partial charge in [0, 0.05) is 17.1 Å². The number of aromatic nitrogens is 1. The van der Waals surface area contributed by atoms with Crippen molar-refractivity contribution in [2.45, 2.75) is 13.8 Å². The van der Waals surface area contributed by atoms with Crippen molar-refractivity contribution in [2.24, 2.45) is 0 Å². The van der Waals surface area contributed by atoms with E-state index >= 15 is 0 Å². The molecule has 3 aromatic rings. The summed E-state index contributed by atoms with van der Waals surface area (Å²) in [5, 5.41) is 2.04. The maximum absolute atomic E-state index is 13.6. The fraction of sp³-hybridized carbons (Fsp3) is 0.143. The SMILES string of the molecule is Cc1cc(C(=O)OCC(=O)Nc2ccc(F)c(F)c2F)c(C)n1-c1ccccc1. The van der Waals surface area contributed by atoms with Crippen LogP contribution in [0.15, 0.2) is 48.5 Å². The Kier molecular flexibility index (Phi) is 5.72. The van der Waals surface area contributed by atoms with E-state index < -0.39 is 41.6 Å². The molecule has 0 saturated carbocycles. The molecule has 5 nitrogen and oxygen atoms in total. The number of esters is 1. The molecule has 0 radical (unpaired) electrons. The number of hydrogen-bond acceptors (Lipinski definition) is 3. The predicted octanol–water partition coefficient (Wildman–Crippen LogP) is 4.31. The standard InChI is InChI=1S/C21H17F3N2O3/c1-12-10-15(13(2)26(12)14-6-4-3-5-7-14)21(28)29-11-18(27)25-17-9-8-16(22)19(23)20(17)24/h3-10H,11H2,1-2H3,(H,25,27). The molecule has 0 aliphatic heterocycles. The lowest BCUT2D eigenvalue weighted by Gasteiger charge is -2.10. The third-order valence-corrected chi connectivity index (χ3v) is 4.31. The van der Waals surface area contributed by atoms with Crippen molar-refractivity contribution in [2.75, 3.05) is 11.9 Å². The highest BCUT2D eigenvalue weighted by Gasteiger charge is 2.20. The second-order valence-electron chi connectivity index (χ2n) is 6.30. The fourth-order valence-corrected chi connectivity index (χ4v) is 2.96. The van der Waals surface area contributed by atoms with Crippen LogP contribution in [-0.4, -0.2) is 23.1 Å². The number of carbonyl (C=O) groups is 2. The van der Waals surface area contributed by atoms with Crippen molar-refractivity contribution in [3.05, 3.63) is 82.9 Å².